The number of rotatable bonds is 5. The highest BCUT2D eigenvalue weighted by atomic mass is 16.5. The van der Waals surface area contributed by atoms with E-state index < -0.39 is 0 Å². The molecule has 0 bridgehead atoms. The number of ether oxygens (including phenoxy) is 1. The number of hydrogen-bond acceptors (Lipinski definition) is 3. The molecule has 0 aliphatic carbocycles. The van der Waals surface area contributed by atoms with Gasteiger partial charge >= 0.3 is 0 Å². The Morgan fingerprint density at radius 1 is 1.04 bits per heavy atom. The molecule has 4 aromatic rings. The summed E-state index contributed by atoms with van der Waals surface area (Å²) in [5, 5.41) is 5.95. The van der Waals surface area contributed by atoms with Gasteiger partial charge in [0.2, 0.25) is 0 Å². The van der Waals surface area contributed by atoms with Crippen molar-refractivity contribution in [2.24, 2.45) is 0 Å². The summed E-state index contributed by atoms with van der Waals surface area (Å²) >= 11 is 0. The Morgan fingerprint density at radius 3 is 2.65 bits per heavy atom. The summed E-state index contributed by atoms with van der Waals surface area (Å²) in [5.74, 6) is 0.714. The van der Waals surface area contributed by atoms with Crippen LogP contribution in [0.2, 0.25) is 0 Å². The van der Waals surface area contributed by atoms with E-state index in [1.807, 2.05) is 36.4 Å². The van der Waals surface area contributed by atoms with Gasteiger partial charge in [-0.25, -0.2) is 0 Å². The van der Waals surface area contributed by atoms with Gasteiger partial charge in [-0.1, -0.05) is 43.0 Å². The summed E-state index contributed by atoms with van der Waals surface area (Å²) in [7, 11) is 0. The van der Waals surface area contributed by atoms with Crippen molar-refractivity contribution >= 4 is 33.3 Å². The maximum absolute atomic E-state index is 12.5. The standard InChI is InChI=1S/C22H17NO3/c1-2-13-25-17-10-8-16(9-11-17)23-22(24)21-14-19-18-6-4-3-5-15(18)7-12-20(19)26-21/h2-12,14H,1,13H2,(H,23,24). The van der Waals surface area contributed by atoms with Crippen LogP contribution in [0, 0.1) is 0 Å². The molecule has 0 fully saturated rings. The lowest BCUT2D eigenvalue weighted by molar-refractivity contribution is 0.0998. The molecule has 0 atom stereocenters. The summed E-state index contributed by atoms with van der Waals surface area (Å²) in [6.45, 7) is 4.05. The van der Waals surface area contributed by atoms with Gasteiger partial charge in [0.15, 0.2) is 5.76 Å². The Hall–Kier alpha value is -3.53. The van der Waals surface area contributed by atoms with Crippen molar-refractivity contribution in [3.63, 3.8) is 0 Å². The molecule has 1 amide bonds. The van der Waals surface area contributed by atoms with Crippen molar-refractivity contribution in [3.8, 4) is 5.75 Å². The van der Waals surface area contributed by atoms with Crippen molar-refractivity contribution in [1.29, 1.82) is 0 Å². The van der Waals surface area contributed by atoms with E-state index in [4.69, 9.17) is 9.15 Å². The topological polar surface area (TPSA) is 51.5 Å². The normalized spacial score (nSPS) is 10.8. The van der Waals surface area contributed by atoms with Crippen LogP contribution >= 0.6 is 0 Å². The molecule has 0 saturated heterocycles. The molecular weight excluding hydrogens is 326 g/mol. The molecule has 0 saturated carbocycles. The summed E-state index contributed by atoms with van der Waals surface area (Å²) in [6.07, 6.45) is 1.68. The molecule has 1 N–H and O–H groups in total. The van der Waals surface area contributed by atoms with Crippen LogP contribution in [0.1, 0.15) is 10.6 Å². The SMILES string of the molecule is C=CCOc1ccc(NC(=O)c2cc3c(ccc4ccccc43)o2)cc1. The number of amides is 1. The van der Waals surface area contributed by atoms with E-state index in [2.05, 4.69) is 11.9 Å². The molecule has 128 valence electrons. The number of benzene rings is 3. The summed E-state index contributed by atoms with van der Waals surface area (Å²) < 4.78 is 11.2. The van der Waals surface area contributed by atoms with Gasteiger partial charge in [-0.2, -0.15) is 0 Å². The molecular formula is C22H17NO3. The van der Waals surface area contributed by atoms with Gasteiger partial charge in [0.05, 0.1) is 0 Å². The first-order valence-corrected chi connectivity index (χ1v) is 8.31. The van der Waals surface area contributed by atoms with Gasteiger partial charge in [0.1, 0.15) is 17.9 Å². The van der Waals surface area contributed by atoms with Crippen molar-refractivity contribution in [2.45, 2.75) is 0 Å². The van der Waals surface area contributed by atoms with Gasteiger partial charge in [0.25, 0.3) is 5.91 Å². The van der Waals surface area contributed by atoms with E-state index in [0.717, 1.165) is 21.9 Å². The predicted octanol–water partition coefficient (Wildman–Crippen LogP) is 5.40. The Bertz CT molecular complexity index is 1090. The minimum atomic E-state index is -0.287. The highest BCUT2D eigenvalue weighted by Crippen LogP contribution is 2.28. The molecule has 1 heterocycles. The number of hydrogen-bond donors (Lipinski definition) is 1. The first-order chi connectivity index (χ1) is 12.7. The Labute approximate surface area is 150 Å². The van der Waals surface area contributed by atoms with Crippen LogP contribution in [0.4, 0.5) is 5.69 Å². The molecule has 3 aromatic carbocycles. The van der Waals surface area contributed by atoms with E-state index in [-0.39, 0.29) is 11.7 Å². The predicted molar refractivity (Wildman–Crippen MR) is 104 cm³/mol. The molecule has 0 aliphatic heterocycles. The molecule has 26 heavy (non-hydrogen) atoms. The first kappa shape index (κ1) is 16.0. The minimum absolute atomic E-state index is 0.281. The van der Waals surface area contributed by atoms with Gasteiger partial charge in [-0.3, -0.25) is 4.79 Å². The van der Waals surface area contributed by atoms with Gasteiger partial charge in [0, 0.05) is 11.1 Å². The molecule has 0 radical (unpaired) electrons. The number of carbonyl (C=O) groups is 1. The molecule has 4 heteroatoms. The number of nitrogens with one attached hydrogen (secondary N) is 1. The monoisotopic (exact) mass is 343 g/mol. The van der Waals surface area contributed by atoms with Crippen molar-refractivity contribution < 1.29 is 13.9 Å². The van der Waals surface area contributed by atoms with Gasteiger partial charge < -0.3 is 14.5 Å². The molecule has 0 spiro atoms. The van der Waals surface area contributed by atoms with Gasteiger partial charge in [-0.05, 0) is 47.2 Å². The Kier molecular flexibility index (Phi) is 4.15. The molecule has 1 aromatic heterocycles. The quantitative estimate of drug-likeness (QED) is 0.493. The third-order valence-electron chi connectivity index (χ3n) is 4.13. The van der Waals surface area contributed by atoms with E-state index in [1.54, 1.807) is 36.4 Å². The summed E-state index contributed by atoms with van der Waals surface area (Å²) in [4.78, 5) is 12.5. The highest BCUT2D eigenvalue weighted by molar-refractivity contribution is 6.10. The zero-order chi connectivity index (χ0) is 17.9. The van der Waals surface area contributed by atoms with E-state index >= 15 is 0 Å². The van der Waals surface area contributed by atoms with Crippen LogP contribution in [0.15, 0.2) is 83.8 Å². The smallest absolute Gasteiger partial charge is 0.291 e. The van der Waals surface area contributed by atoms with Crippen LogP contribution in [-0.2, 0) is 0 Å². The van der Waals surface area contributed by atoms with Crippen molar-refractivity contribution in [3.05, 3.63) is 85.1 Å². The second kappa shape index (κ2) is 6.76. The Morgan fingerprint density at radius 2 is 1.85 bits per heavy atom. The third kappa shape index (κ3) is 3.05. The number of furan rings is 1. The Balaban J connectivity index is 1.58. The summed E-state index contributed by atoms with van der Waals surface area (Å²) in [6, 6.07) is 20.9. The zero-order valence-electron chi connectivity index (χ0n) is 14.1. The third-order valence-corrected chi connectivity index (χ3v) is 4.13. The lowest BCUT2D eigenvalue weighted by atomic mass is 10.1. The lowest BCUT2D eigenvalue weighted by Crippen LogP contribution is -2.10. The zero-order valence-corrected chi connectivity index (χ0v) is 14.1. The maximum atomic E-state index is 12.5. The second-order valence-corrected chi connectivity index (χ2v) is 5.89. The first-order valence-electron chi connectivity index (χ1n) is 8.31. The van der Waals surface area contributed by atoms with Crippen LogP contribution < -0.4 is 10.1 Å². The minimum Gasteiger partial charge on any atom is -0.490 e. The summed E-state index contributed by atoms with van der Waals surface area (Å²) in [5.41, 5.74) is 1.37. The number of fused-ring (bicyclic) bond motifs is 3. The lowest BCUT2D eigenvalue weighted by Gasteiger charge is -2.06. The van der Waals surface area contributed by atoms with Crippen LogP contribution in [-0.4, -0.2) is 12.5 Å². The van der Waals surface area contributed by atoms with Crippen LogP contribution in [0.3, 0.4) is 0 Å². The van der Waals surface area contributed by atoms with Crippen molar-refractivity contribution in [1.82, 2.24) is 0 Å². The van der Waals surface area contributed by atoms with E-state index in [1.165, 1.54) is 0 Å². The fourth-order valence-corrected chi connectivity index (χ4v) is 2.89. The largest absolute Gasteiger partial charge is 0.490 e. The van der Waals surface area contributed by atoms with E-state index in [9.17, 15) is 4.79 Å². The average molecular weight is 343 g/mol. The fourth-order valence-electron chi connectivity index (χ4n) is 2.89. The average Bonchev–Trinajstić information content (AvgIpc) is 3.12. The number of carbonyl (C=O) groups excluding carboxylic acids is 1. The van der Waals surface area contributed by atoms with Crippen LogP contribution in [0.25, 0.3) is 21.7 Å². The van der Waals surface area contributed by atoms with Gasteiger partial charge in [-0.15, -0.1) is 0 Å². The number of anilines is 1. The molecule has 4 nitrogen and oxygen atoms in total. The highest BCUT2D eigenvalue weighted by Gasteiger charge is 2.14. The van der Waals surface area contributed by atoms with Crippen LogP contribution in [0.5, 0.6) is 5.75 Å². The molecule has 0 aliphatic rings. The second-order valence-electron chi connectivity index (χ2n) is 5.89. The van der Waals surface area contributed by atoms with E-state index in [0.29, 0.717) is 17.9 Å². The fraction of sp³-hybridized carbons (Fsp3) is 0.0455. The molecule has 0 unspecified atom stereocenters. The molecule has 4 rings (SSSR count). The maximum Gasteiger partial charge on any atom is 0.291 e. The van der Waals surface area contributed by atoms with Crippen molar-refractivity contribution in [2.75, 3.05) is 11.9 Å².